The molecule has 0 fully saturated rings. The zero-order valence-electron chi connectivity index (χ0n) is 12.9. The average molecular weight is 268 g/mol. The summed E-state index contributed by atoms with van der Waals surface area (Å²) in [5.74, 6) is 0. The molecule has 0 radical (unpaired) electrons. The van der Waals surface area contributed by atoms with Crippen LogP contribution in [0.3, 0.4) is 0 Å². The van der Waals surface area contributed by atoms with Crippen molar-refractivity contribution in [1.82, 2.24) is 0 Å². The van der Waals surface area contributed by atoms with E-state index in [4.69, 9.17) is 5.73 Å². The summed E-state index contributed by atoms with van der Waals surface area (Å²) in [4.78, 5) is 2.21. The Morgan fingerprint density at radius 2 is 1.50 bits per heavy atom. The SMILES string of the molecule is CCc1ccc(CN(C)c2cc(C)c(C)cc2N)cc1. The van der Waals surface area contributed by atoms with E-state index < -0.39 is 0 Å². The van der Waals surface area contributed by atoms with Crippen LogP contribution >= 0.6 is 0 Å². The van der Waals surface area contributed by atoms with Gasteiger partial charge in [-0.25, -0.2) is 0 Å². The lowest BCUT2D eigenvalue weighted by Gasteiger charge is -2.22. The number of anilines is 2. The molecule has 2 rings (SSSR count). The van der Waals surface area contributed by atoms with Gasteiger partial charge in [-0.05, 0) is 54.7 Å². The largest absolute Gasteiger partial charge is 0.397 e. The number of nitrogens with zero attached hydrogens (tertiary/aromatic N) is 1. The molecule has 0 saturated heterocycles. The first-order valence-corrected chi connectivity index (χ1v) is 7.17. The fourth-order valence-electron chi connectivity index (χ4n) is 2.39. The smallest absolute Gasteiger partial charge is 0.0603 e. The van der Waals surface area contributed by atoms with Gasteiger partial charge in [-0.15, -0.1) is 0 Å². The Morgan fingerprint density at radius 1 is 0.950 bits per heavy atom. The lowest BCUT2D eigenvalue weighted by atomic mass is 10.1. The van der Waals surface area contributed by atoms with E-state index in [2.05, 4.69) is 69.1 Å². The number of rotatable bonds is 4. The van der Waals surface area contributed by atoms with Crippen molar-refractivity contribution in [3.8, 4) is 0 Å². The summed E-state index contributed by atoms with van der Waals surface area (Å²) < 4.78 is 0. The Kier molecular flexibility index (Phi) is 4.33. The molecule has 0 unspecified atom stereocenters. The number of hydrogen-bond donors (Lipinski definition) is 1. The van der Waals surface area contributed by atoms with Gasteiger partial charge in [0.15, 0.2) is 0 Å². The van der Waals surface area contributed by atoms with Crippen LogP contribution in [0.1, 0.15) is 29.2 Å². The molecule has 0 atom stereocenters. The highest BCUT2D eigenvalue weighted by Gasteiger charge is 2.08. The molecule has 2 aromatic carbocycles. The molecule has 0 amide bonds. The van der Waals surface area contributed by atoms with E-state index in [0.29, 0.717) is 0 Å². The maximum atomic E-state index is 6.15. The molecule has 0 heterocycles. The van der Waals surface area contributed by atoms with Crippen molar-refractivity contribution in [3.05, 3.63) is 58.7 Å². The molecular weight excluding hydrogens is 244 g/mol. The highest BCUT2D eigenvalue weighted by atomic mass is 15.1. The second-order valence-corrected chi connectivity index (χ2v) is 5.52. The average Bonchev–Trinajstić information content (AvgIpc) is 2.43. The zero-order valence-corrected chi connectivity index (χ0v) is 12.9. The maximum absolute atomic E-state index is 6.15. The fraction of sp³-hybridized carbons (Fsp3) is 0.333. The van der Waals surface area contributed by atoms with Crippen LogP contribution in [0, 0.1) is 13.8 Å². The summed E-state index contributed by atoms with van der Waals surface area (Å²) in [6, 6.07) is 13.0. The molecule has 2 heteroatoms. The van der Waals surface area contributed by atoms with Gasteiger partial charge in [0.25, 0.3) is 0 Å². The number of nitrogen functional groups attached to an aromatic ring is 1. The third-order valence-corrected chi connectivity index (χ3v) is 3.91. The van der Waals surface area contributed by atoms with Gasteiger partial charge in [0.2, 0.25) is 0 Å². The van der Waals surface area contributed by atoms with Gasteiger partial charge in [-0.1, -0.05) is 31.2 Å². The quantitative estimate of drug-likeness (QED) is 0.846. The van der Waals surface area contributed by atoms with E-state index in [1.165, 1.54) is 22.3 Å². The number of nitrogens with two attached hydrogens (primary N) is 1. The molecular formula is C18H24N2. The molecule has 0 spiro atoms. The Balaban J connectivity index is 2.18. The van der Waals surface area contributed by atoms with Crippen LogP contribution in [-0.4, -0.2) is 7.05 Å². The lowest BCUT2D eigenvalue weighted by molar-refractivity contribution is 0.921. The lowest BCUT2D eigenvalue weighted by Crippen LogP contribution is -2.18. The molecule has 0 aliphatic carbocycles. The van der Waals surface area contributed by atoms with Crippen molar-refractivity contribution < 1.29 is 0 Å². The van der Waals surface area contributed by atoms with Gasteiger partial charge in [-0.3, -0.25) is 0 Å². The summed E-state index contributed by atoms with van der Waals surface area (Å²) in [6.07, 6.45) is 1.08. The van der Waals surface area contributed by atoms with Gasteiger partial charge in [-0.2, -0.15) is 0 Å². The molecule has 20 heavy (non-hydrogen) atoms. The number of hydrogen-bond acceptors (Lipinski definition) is 2. The summed E-state index contributed by atoms with van der Waals surface area (Å²) >= 11 is 0. The van der Waals surface area contributed by atoms with Crippen molar-refractivity contribution in [1.29, 1.82) is 0 Å². The van der Waals surface area contributed by atoms with Gasteiger partial charge in [0.05, 0.1) is 11.4 Å². The second kappa shape index (κ2) is 6.00. The van der Waals surface area contributed by atoms with E-state index in [1.807, 2.05) is 0 Å². The number of benzene rings is 2. The normalized spacial score (nSPS) is 10.6. The van der Waals surface area contributed by atoms with Gasteiger partial charge < -0.3 is 10.6 Å². The van der Waals surface area contributed by atoms with Gasteiger partial charge in [0.1, 0.15) is 0 Å². The van der Waals surface area contributed by atoms with Crippen LogP contribution in [-0.2, 0) is 13.0 Å². The standard InChI is InChI=1S/C18H24N2/c1-5-15-6-8-16(9-7-15)12-20(4)18-11-14(3)13(2)10-17(18)19/h6-11H,5,12,19H2,1-4H3. The number of aryl methyl sites for hydroxylation is 3. The maximum Gasteiger partial charge on any atom is 0.0603 e. The van der Waals surface area contributed by atoms with Crippen molar-refractivity contribution >= 4 is 11.4 Å². The predicted octanol–water partition coefficient (Wildman–Crippen LogP) is 4.08. The highest BCUT2D eigenvalue weighted by Crippen LogP contribution is 2.27. The molecule has 0 aliphatic heterocycles. The molecule has 2 aromatic rings. The van der Waals surface area contributed by atoms with Crippen LogP contribution in [0.4, 0.5) is 11.4 Å². The first kappa shape index (κ1) is 14.4. The summed E-state index contributed by atoms with van der Waals surface area (Å²) in [5.41, 5.74) is 13.3. The Morgan fingerprint density at radius 3 is 2.10 bits per heavy atom. The van der Waals surface area contributed by atoms with Crippen molar-refractivity contribution in [2.24, 2.45) is 0 Å². The summed E-state index contributed by atoms with van der Waals surface area (Å²) in [6.45, 7) is 7.27. The highest BCUT2D eigenvalue weighted by molar-refractivity contribution is 5.69. The molecule has 2 N–H and O–H groups in total. The van der Waals surface area contributed by atoms with Crippen LogP contribution in [0.5, 0.6) is 0 Å². The van der Waals surface area contributed by atoms with E-state index in [9.17, 15) is 0 Å². The minimum absolute atomic E-state index is 0.848. The minimum Gasteiger partial charge on any atom is -0.397 e. The van der Waals surface area contributed by atoms with Crippen LogP contribution in [0.15, 0.2) is 36.4 Å². The van der Waals surface area contributed by atoms with Crippen LogP contribution in [0.2, 0.25) is 0 Å². The van der Waals surface area contributed by atoms with E-state index in [1.54, 1.807) is 0 Å². The topological polar surface area (TPSA) is 29.3 Å². The molecule has 0 aromatic heterocycles. The molecule has 106 valence electrons. The third-order valence-electron chi connectivity index (χ3n) is 3.91. The Hall–Kier alpha value is -1.96. The van der Waals surface area contributed by atoms with E-state index in [0.717, 1.165) is 24.3 Å². The molecule has 2 nitrogen and oxygen atoms in total. The first-order valence-electron chi connectivity index (χ1n) is 7.17. The van der Waals surface area contributed by atoms with E-state index >= 15 is 0 Å². The first-order chi connectivity index (χ1) is 9.51. The van der Waals surface area contributed by atoms with Gasteiger partial charge in [0, 0.05) is 13.6 Å². The van der Waals surface area contributed by atoms with E-state index in [-0.39, 0.29) is 0 Å². The third kappa shape index (κ3) is 3.13. The summed E-state index contributed by atoms with van der Waals surface area (Å²) in [7, 11) is 2.09. The fourth-order valence-corrected chi connectivity index (χ4v) is 2.39. The predicted molar refractivity (Wildman–Crippen MR) is 88.3 cm³/mol. The summed E-state index contributed by atoms with van der Waals surface area (Å²) in [5, 5.41) is 0. The van der Waals surface area contributed by atoms with Crippen molar-refractivity contribution in [2.45, 2.75) is 33.7 Å². The molecule has 0 saturated carbocycles. The van der Waals surface area contributed by atoms with Crippen molar-refractivity contribution in [3.63, 3.8) is 0 Å². The monoisotopic (exact) mass is 268 g/mol. The van der Waals surface area contributed by atoms with Crippen molar-refractivity contribution in [2.75, 3.05) is 17.7 Å². The Labute approximate surface area is 122 Å². The second-order valence-electron chi connectivity index (χ2n) is 5.52. The molecule has 0 aliphatic rings. The Bertz CT molecular complexity index is 585. The zero-order chi connectivity index (χ0) is 14.7. The minimum atomic E-state index is 0.848. The van der Waals surface area contributed by atoms with Gasteiger partial charge >= 0.3 is 0 Å². The van der Waals surface area contributed by atoms with Crippen LogP contribution < -0.4 is 10.6 Å². The van der Waals surface area contributed by atoms with Crippen LogP contribution in [0.25, 0.3) is 0 Å². The molecule has 0 bridgehead atoms.